The smallest absolute Gasteiger partial charge is 0.410 e. The largest absolute Gasteiger partial charge is 0.443 e. The van der Waals surface area contributed by atoms with E-state index in [0.717, 1.165) is 65.1 Å². The standard InChI is InChI=1S/C28H44N2O6/c1-18(2)5-8-23-27(3,36-23)25-24(32-4)22(9-11-28(25)17-34-28)35-26(31)29-13-19(14-29)10-12-30-20-6-7-21(30)16-33-15-20/h5,19-25H,6-17H2,1-4H3/t20-,21+,22?,23-,24?,25?,27+,28?/m1/s1. The molecular formula is C28H44N2O6. The monoisotopic (exact) mass is 504 g/mol. The van der Waals surface area contributed by atoms with Crippen LogP contribution in [0.3, 0.4) is 0 Å². The van der Waals surface area contributed by atoms with E-state index in [9.17, 15) is 4.79 Å². The van der Waals surface area contributed by atoms with E-state index in [1.165, 1.54) is 18.4 Å². The Bertz CT molecular complexity index is 850. The number of rotatable bonds is 8. The normalized spacial score (nSPS) is 43.8. The summed E-state index contributed by atoms with van der Waals surface area (Å²) >= 11 is 0. The first-order valence-electron chi connectivity index (χ1n) is 14.1. The zero-order chi connectivity index (χ0) is 25.1. The van der Waals surface area contributed by atoms with Gasteiger partial charge in [-0.1, -0.05) is 11.6 Å². The number of hydrogen-bond donors (Lipinski definition) is 0. The molecule has 1 amide bonds. The molecule has 6 aliphatic rings. The number of fused-ring (bicyclic) bond motifs is 2. The first kappa shape index (κ1) is 25.1. The van der Waals surface area contributed by atoms with Crippen molar-refractivity contribution in [1.82, 2.24) is 9.80 Å². The molecule has 5 heterocycles. The molecule has 6 rings (SSSR count). The van der Waals surface area contributed by atoms with E-state index in [-0.39, 0.29) is 41.5 Å². The summed E-state index contributed by atoms with van der Waals surface area (Å²) < 4.78 is 30.2. The van der Waals surface area contributed by atoms with E-state index in [1.807, 2.05) is 4.90 Å². The summed E-state index contributed by atoms with van der Waals surface area (Å²) in [4.78, 5) is 17.6. The number of likely N-dealkylation sites (tertiary alicyclic amines) is 1. The minimum Gasteiger partial charge on any atom is -0.443 e. The molecule has 5 saturated heterocycles. The summed E-state index contributed by atoms with van der Waals surface area (Å²) in [6, 6.07) is 1.21. The molecule has 2 bridgehead atoms. The van der Waals surface area contributed by atoms with Gasteiger partial charge in [0, 0.05) is 32.3 Å². The van der Waals surface area contributed by atoms with Crippen molar-refractivity contribution in [2.45, 2.75) is 101 Å². The summed E-state index contributed by atoms with van der Waals surface area (Å²) in [5, 5.41) is 0. The third kappa shape index (κ3) is 4.51. The van der Waals surface area contributed by atoms with Crippen molar-refractivity contribution >= 4 is 6.09 Å². The predicted octanol–water partition coefficient (Wildman–Crippen LogP) is 3.38. The summed E-state index contributed by atoms with van der Waals surface area (Å²) in [6.45, 7) is 11.6. The Morgan fingerprint density at radius 1 is 1.14 bits per heavy atom. The quantitative estimate of drug-likeness (QED) is 0.370. The molecule has 0 aromatic heterocycles. The Morgan fingerprint density at radius 3 is 2.50 bits per heavy atom. The van der Waals surface area contributed by atoms with Crippen LogP contribution < -0.4 is 0 Å². The third-order valence-electron chi connectivity index (χ3n) is 9.89. The van der Waals surface area contributed by atoms with E-state index in [1.54, 1.807) is 7.11 Å². The number of hydrogen-bond acceptors (Lipinski definition) is 7. The number of amides is 1. The second-order valence-electron chi connectivity index (χ2n) is 12.5. The molecule has 8 atom stereocenters. The maximum atomic E-state index is 13.1. The van der Waals surface area contributed by atoms with Gasteiger partial charge < -0.3 is 28.6 Å². The number of carbonyl (C=O) groups is 1. The second kappa shape index (κ2) is 9.53. The first-order valence-corrected chi connectivity index (χ1v) is 14.1. The highest BCUT2D eigenvalue weighted by molar-refractivity contribution is 5.69. The average molecular weight is 505 g/mol. The van der Waals surface area contributed by atoms with Crippen molar-refractivity contribution in [2.24, 2.45) is 11.8 Å². The van der Waals surface area contributed by atoms with E-state index >= 15 is 0 Å². The van der Waals surface area contributed by atoms with Gasteiger partial charge in [0.1, 0.15) is 23.4 Å². The zero-order valence-electron chi connectivity index (χ0n) is 22.4. The highest BCUT2D eigenvalue weighted by Crippen LogP contribution is 2.59. The zero-order valence-corrected chi connectivity index (χ0v) is 22.4. The summed E-state index contributed by atoms with van der Waals surface area (Å²) in [5.74, 6) is 0.625. The fraction of sp³-hybridized carbons (Fsp3) is 0.893. The lowest BCUT2D eigenvalue weighted by Crippen LogP contribution is -2.58. The van der Waals surface area contributed by atoms with Crippen LogP contribution in [0, 0.1) is 11.8 Å². The number of morpholine rings is 1. The number of nitrogens with zero attached hydrogens (tertiary/aromatic N) is 2. The van der Waals surface area contributed by atoms with Crippen LogP contribution >= 0.6 is 0 Å². The van der Waals surface area contributed by atoms with E-state index in [4.69, 9.17) is 23.7 Å². The molecule has 1 aliphatic carbocycles. The molecule has 0 radical (unpaired) electrons. The molecule has 0 aromatic rings. The fourth-order valence-corrected chi connectivity index (χ4v) is 7.59. The van der Waals surface area contributed by atoms with Crippen LogP contribution in [0.4, 0.5) is 4.79 Å². The summed E-state index contributed by atoms with van der Waals surface area (Å²) in [5.41, 5.74) is 0.794. The molecular weight excluding hydrogens is 460 g/mol. The number of ether oxygens (including phenoxy) is 5. The van der Waals surface area contributed by atoms with E-state index in [2.05, 4.69) is 31.7 Å². The Labute approximate surface area is 215 Å². The summed E-state index contributed by atoms with van der Waals surface area (Å²) in [6.07, 6.45) is 7.94. The molecule has 202 valence electrons. The maximum Gasteiger partial charge on any atom is 0.410 e. The molecule has 8 heteroatoms. The van der Waals surface area contributed by atoms with Crippen LogP contribution in [-0.4, -0.2) is 104 Å². The van der Waals surface area contributed by atoms with Gasteiger partial charge in [-0.25, -0.2) is 4.79 Å². The molecule has 1 spiro atoms. The van der Waals surface area contributed by atoms with Crippen LogP contribution in [0.2, 0.25) is 0 Å². The molecule has 0 aromatic carbocycles. The van der Waals surface area contributed by atoms with Crippen molar-refractivity contribution in [1.29, 1.82) is 0 Å². The highest BCUT2D eigenvalue weighted by Gasteiger charge is 2.72. The van der Waals surface area contributed by atoms with Gasteiger partial charge in [0.05, 0.1) is 31.8 Å². The van der Waals surface area contributed by atoms with Crippen molar-refractivity contribution in [3.05, 3.63) is 11.6 Å². The first-order chi connectivity index (χ1) is 17.3. The number of carbonyl (C=O) groups excluding carboxylic acids is 1. The van der Waals surface area contributed by atoms with Crippen LogP contribution in [0.15, 0.2) is 11.6 Å². The Kier molecular flexibility index (Phi) is 6.64. The van der Waals surface area contributed by atoms with Gasteiger partial charge in [0.15, 0.2) is 0 Å². The third-order valence-corrected chi connectivity index (χ3v) is 9.89. The van der Waals surface area contributed by atoms with Crippen molar-refractivity contribution in [3.63, 3.8) is 0 Å². The Balaban J connectivity index is 1.01. The molecule has 36 heavy (non-hydrogen) atoms. The van der Waals surface area contributed by atoms with E-state index < -0.39 is 0 Å². The van der Waals surface area contributed by atoms with Crippen molar-refractivity contribution in [2.75, 3.05) is 46.6 Å². The second-order valence-corrected chi connectivity index (χ2v) is 12.5. The van der Waals surface area contributed by atoms with Gasteiger partial charge in [-0.3, -0.25) is 4.90 Å². The lowest BCUT2D eigenvalue weighted by atomic mass is 9.68. The number of methoxy groups -OCH3 is 1. The molecule has 6 fully saturated rings. The lowest BCUT2D eigenvalue weighted by Gasteiger charge is -2.45. The van der Waals surface area contributed by atoms with Crippen molar-refractivity contribution in [3.8, 4) is 0 Å². The van der Waals surface area contributed by atoms with Gasteiger partial charge in [0.25, 0.3) is 0 Å². The Hall–Kier alpha value is -1.19. The SMILES string of the molecule is COC1C(OC(=O)N2CC(CCN3[C@@H]4CC[C@H]3COC4)C2)CCC2(CO2)C1[C@@]1(C)O[C@@H]1CC=C(C)C. The van der Waals surface area contributed by atoms with Gasteiger partial charge in [0.2, 0.25) is 0 Å². The van der Waals surface area contributed by atoms with Crippen LogP contribution in [-0.2, 0) is 23.7 Å². The van der Waals surface area contributed by atoms with Crippen LogP contribution in [0.1, 0.15) is 59.3 Å². The molecule has 4 unspecified atom stereocenters. The van der Waals surface area contributed by atoms with Gasteiger partial charge >= 0.3 is 6.09 Å². The fourth-order valence-electron chi connectivity index (χ4n) is 7.59. The lowest BCUT2D eigenvalue weighted by molar-refractivity contribution is -0.124. The molecule has 1 saturated carbocycles. The van der Waals surface area contributed by atoms with Gasteiger partial charge in [-0.2, -0.15) is 0 Å². The van der Waals surface area contributed by atoms with Crippen LogP contribution in [0.25, 0.3) is 0 Å². The molecule has 8 nitrogen and oxygen atoms in total. The number of epoxide rings is 2. The van der Waals surface area contributed by atoms with E-state index in [0.29, 0.717) is 18.0 Å². The minimum absolute atomic E-state index is 0.0603. The number of allylic oxidation sites excluding steroid dienone is 1. The van der Waals surface area contributed by atoms with Crippen molar-refractivity contribution < 1.29 is 28.5 Å². The topological polar surface area (TPSA) is 76.3 Å². The van der Waals surface area contributed by atoms with Crippen LogP contribution in [0.5, 0.6) is 0 Å². The van der Waals surface area contributed by atoms with Gasteiger partial charge in [-0.05, 0) is 71.8 Å². The highest BCUT2D eigenvalue weighted by atomic mass is 16.6. The average Bonchev–Trinajstić information content (AvgIpc) is 3.72. The Morgan fingerprint density at radius 2 is 1.86 bits per heavy atom. The van der Waals surface area contributed by atoms with Gasteiger partial charge in [-0.15, -0.1) is 0 Å². The predicted molar refractivity (Wildman–Crippen MR) is 134 cm³/mol. The molecule has 0 N–H and O–H groups in total. The molecule has 5 aliphatic heterocycles. The summed E-state index contributed by atoms with van der Waals surface area (Å²) in [7, 11) is 1.73. The minimum atomic E-state index is -0.311. The maximum absolute atomic E-state index is 13.1.